The number of aliphatic imine (C=N–C) groups is 1. The normalized spacial score (nSPS) is 12.3. The van der Waals surface area contributed by atoms with Crippen molar-refractivity contribution in [2.45, 2.75) is 0 Å². The topological polar surface area (TPSA) is 81.5 Å². The lowest BCUT2D eigenvalue weighted by Crippen LogP contribution is -2.13. The summed E-state index contributed by atoms with van der Waals surface area (Å²) in [5, 5.41) is 0.279. The maximum Gasteiger partial charge on any atom is 0.239 e. The SMILES string of the molecule is NC=C(Cl)C=NCC(N)=O. The molecule has 0 rings (SSSR count). The van der Waals surface area contributed by atoms with Crippen molar-refractivity contribution in [3.05, 3.63) is 11.2 Å². The van der Waals surface area contributed by atoms with E-state index in [1.165, 1.54) is 12.4 Å². The third kappa shape index (κ3) is 5.11. The van der Waals surface area contributed by atoms with E-state index in [4.69, 9.17) is 23.1 Å². The van der Waals surface area contributed by atoms with Crippen molar-refractivity contribution in [3.63, 3.8) is 0 Å². The standard InChI is InChI=1S/C5H8ClN3O/c6-4(1-7)2-9-3-5(8)10/h1-2H,3,7H2,(H2,8,10). The number of nitrogens with two attached hydrogens (primary N) is 2. The van der Waals surface area contributed by atoms with Crippen LogP contribution >= 0.6 is 11.6 Å². The number of rotatable bonds is 3. The van der Waals surface area contributed by atoms with Crippen molar-refractivity contribution in [3.8, 4) is 0 Å². The minimum absolute atomic E-state index is 0.0654. The average molecular weight is 162 g/mol. The van der Waals surface area contributed by atoms with E-state index >= 15 is 0 Å². The summed E-state index contributed by atoms with van der Waals surface area (Å²) in [4.78, 5) is 13.6. The summed E-state index contributed by atoms with van der Waals surface area (Å²) in [5.74, 6) is -0.502. The van der Waals surface area contributed by atoms with Gasteiger partial charge < -0.3 is 11.5 Å². The van der Waals surface area contributed by atoms with Gasteiger partial charge >= 0.3 is 0 Å². The largest absolute Gasteiger partial charge is 0.403 e. The van der Waals surface area contributed by atoms with Crippen molar-refractivity contribution in [2.24, 2.45) is 16.5 Å². The first-order valence-corrected chi connectivity index (χ1v) is 2.90. The number of halogens is 1. The zero-order valence-corrected chi connectivity index (χ0v) is 6.01. The first kappa shape index (κ1) is 8.97. The molecule has 0 unspecified atom stereocenters. The summed E-state index contributed by atoms with van der Waals surface area (Å²) in [6, 6.07) is 0. The van der Waals surface area contributed by atoms with Gasteiger partial charge in [-0.05, 0) is 0 Å². The molecule has 0 aliphatic carbocycles. The number of carbonyl (C=O) groups excluding carboxylic acids is 1. The molecular weight excluding hydrogens is 154 g/mol. The summed E-state index contributed by atoms with van der Waals surface area (Å²) >= 11 is 5.38. The van der Waals surface area contributed by atoms with Crippen molar-refractivity contribution >= 4 is 23.7 Å². The molecule has 4 nitrogen and oxygen atoms in total. The number of amides is 1. The Morgan fingerprint density at radius 1 is 1.70 bits per heavy atom. The predicted octanol–water partition coefficient (Wildman–Crippen LogP) is -0.419. The van der Waals surface area contributed by atoms with Crippen LogP contribution in [0.15, 0.2) is 16.2 Å². The fraction of sp³-hybridized carbons (Fsp3) is 0.200. The highest BCUT2D eigenvalue weighted by atomic mass is 35.5. The van der Waals surface area contributed by atoms with Gasteiger partial charge in [0.15, 0.2) is 0 Å². The number of primary amides is 1. The fourth-order valence-corrected chi connectivity index (χ4v) is 0.335. The monoisotopic (exact) mass is 161 g/mol. The molecular formula is C5H8ClN3O. The van der Waals surface area contributed by atoms with Crippen LogP contribution in [0.25, 0.3) is 0 Å². The lowest BCUT2D eigenvalue weighted by Gasteiger charge is -1.85. The van der Waals surface area contributed by atoms with Crippen LogP contribution in [-0.2, 0) is 4.79 Å². The third-order valence-corrected chi connectivity index (χ3v) is 0.845. The maximum absolute atomic E-state index is 10.1. The van der Waals surface area contributed by atoms with E-state index in [9.17, 15) is 4.79 Å². The van der Waals surface area contributed by atoms with Gasteiger partial charge in [0.05, 0.1) is 5.03 Å². The van der Waals surface area contributed by atoms with Crippen LogP contribution < -0.4 is 11.5 Å². The molecule has 0 radical (unpaired) electrons. The van der Waals surface area contributed by atoms with Crippen LogP contribution in [0.1, 0.15) is 0 Å². The molecule has 0 fully saturated rings. The Morgan fingerprint density at radius 3 is 2.70 bits per heavy atom. The molecule has 4 N–H and O–H groups in total. The molecule has 0 atom stereocenters. The second-order valence-electron chi connectivity index (χ2n) is 1.49. The van der Waals surface area contributed by atoms with Gasteiger partial charge in [0.2, 0.25) is 5.91 Å². The Bertz CT molecular complexity index is 176. The minimum Gasteiger partial charge on any atom is -0.403 e. The second-order valence-corrected chi connectivity index (χ2v) is 1.92. The summed E-state index contributed by atoms with van der Waals surface area (Å²) in [6.07, 6.45) is 2.44. The Morgan fingerprint density at radius 2 is 2.30 bits per heavy atom. The zero-order valence-electron chi connectivity index (χ0n) is 5.25. The van der Waals surface area contributed by atoms with Crippen LogP contribution in [0.5, 0.6) is 0 Å². The summed E-state index contributed by atoms with van der Waals surface area (Å²) in [6.45, 7) is -0.0654. The second kappa shape index (κ2) is 4.81. The van der Waals surface area contributed by atoms with E-state index < -0.39 is 5.91 Å². The highest BCUT2D eigenvalue weighted by Crippen LogP contribution is 1.91. The van der Waals surface area contributed by atoms with Crippen LogP contribution in [0, 0.1) is 0 Å². The minimum atomic E-state index is -0.502. The summed E-state index contributed by atoms with van der Waals surface area (Å²) in [5.41, 5.74) is 9.76. The van der Waals surface area contributed by atoms with Crippen molar-refractivity contribution < 1.29 is 4.79 Å². The molecule has 56 valence electrons. The number of allylic oxidation sites excluding steroid dienone is 1. The quantitative estimate of drug-likeness (QED) is 0.552. The summed E-state index contributed by atoms with van der Waals surface area (Å²) < 4.78 is 0. The number of nitrogens with zero attached hydrogens (tertiary/aromatic N) is 1. The lowest BCUT2D eigenvalue weighted by molar-refractivity contribution is -0.116. The van der Waals surface area contributed by atoms with Crippen molar-refractivity contribution in [1.29, 1.82) is 0 Å². The fourth-order valence-electron chi connectivity index (χ4n) is 0.266. The third-order valence-electron chi connectivity index (χ3n) is 0.621. The van der Waals surface area contributed by atoms with E-state index in [-0.39, 0.29) is 11.6 Å². The zero-order chi connectivity index (χ0) is 7.98. The molecule has 0 saturated carbocycles. The Balaban J connectivity index is 3.67. The smallest absolute Gasteiger partial charge is 0.239 e. The molecule has 0 saturated heterocycles. The van der Waals surface area contributed by atoms with Gasteiger partial charge in [-0.2, -0.15) is 0 Å². The van der Waals surface area contributed by atoms with Crippen molar-refractivity contribution in [2.75, 3.05) is 6.54 Å². The molecule has 0 aromatic heterocycles. The van der Waals surface area contributed by atoms with Crippen molar-refractivity contribution in [1.82, 2.24) is 0 Å². The van der Waals surface area contributed by atoms with Gasteiger partial charge in [-0.3, -0.25) is 9.79 Å². The highest BCUT2D eigenvalue weighted by molar-refractivity contribution is 6.39. The molecule has 0 aromatic rings. The molecule has 10 heavy (non-hydrogen) atoms. The van der Waals surface area contributed by atoms with Crippen LogP contribution in [0.4, 0.5) is 0 Å². The van der Waals surface area contributed by atoms with Gasteiger partial charge in [-0.15, -0.1) is 0 Å². The molecule has 1 amide bonds. The first-order valence-electron chi connectivity index (χ1n) is 2.52. The average Bonchev–Trinajstić information content (AvgIpc) is 1.87. The van der Waals surface area contributed by atoms with Gasteiger partial charge in [0.1, 0.15) is 6.54 Å². The van der Waals surface area contributed by atoms with Crippen LogP contribution in [0.3, 0.4) is 0 Å². The Kier molecular flexibility index (Phi) is 4.32. The number of hydrogen-bond donors (Lipinski definition) is 2. The molecule has 0 aliphatic rings. The van der Waals surface area contributed by atoms with Gasteiger partial charge in [0.25, 0.3) is 0 Å². The summed E-state index contributed by atoms with van der Waals surface area (Å²) in [7, 11) is 0. The van der Waals surface area contributed by atoms with Crippen LogP contribution in [0.2, 0.25) is 0 Å². The Labute approximate surface area is 63.5 Å². The lowest BCUT2D eigenvalue weighted by atomic mass is 10.6. The van der Waals surface area contributed by atoms with Gasteiger partial charge in [0, 0.05) is 12.4 Å². The van der Waals surface area contributed by atoms with E-state index in [0.29, 0.717) is 0 Å². The van der Waals surface area contributed by atoms with E-state index in [1.54, 1.807) is 0 Å². The molecule has 0 bridgehead atoms. The van der Waals surface area contributed by atoms with Gasteiger partial charge in [-0.1, -0.05) is 11.6 Å². The molecule has 0 aromatic carbocycles. The maximum atomic E-state index is 10.1. The van der Waals surface area contributed by atoms with Crippen LogP contribution in [-0.4, -0.2) is 18.7 Å². The first-order chi connectivity index (χ1) is 4.66. The van der Waals surface area contributed by atoms with E-state index in [2.05, 4.69) is 4.99 Å². The molecule has 5 heteroatoms. The van der Waals surface area contributed by atoms with E-state index in [1.807, 2.05) is 0 Å². The highest BCUT2D eigenvalue weighted by Gasteiger charge is 1.87. The number of hydrogen-bond acceptors (Lipinski definition) is 3. The predicted molar refractivity (Wildman–Crippen MR) is 40.7 cm³/mol. The molecule has 0 heterocycles. The number of carbonyl (C=O) groups is 1. The Hall–Kier alpha value is -1.03. The van der Waals surface area contributed by atoms with E-state index in [0.717, 1.165) is 0 Å². The molecule has 0 aliphatic heterocycles. The van der Waals surface area contributed by atoms with Gasteiger partial charge in [-0.25, -0.2) is 0 Å². The molecule has 0 spiro atoms.